The molecule has 0 spiro atoms. The summed E-state index contributed by atoms with van der Waals surface area (Å²) in [7, 11) is 0. The standard InChI is InChI=1S/C18H18N2O5/c1-9-7-11(12(20(23)24)8-10(9)2)19-15(21)13-14(16(19)22)18(4)6-5-17(13,3)25-18/h5-8,13-14H,1-4H3/t13-,14-,17+,18+/m0/s1. The minimum Gasteiger partial charge on any atom is -0.359 e. The van der Waals surface area contributed by atoms with Gasteiger partial charge in [-0.25, -0.2) is 4.90 Å². The first kappa shape index (κ1) is 16.0. The van der Waals surface area contributed by atoms with Crippen molar-refractivity contribution >= 4 is 23.2 Å². The van der Waals surface area contributed by atoms with Crippen molar-refractivity contribution in [2.75, 3.05) is 4.90 Å². The van der Waals surface area contributed by atoms with E-state index in [-0.39, 0.29) is 11.4 Å². The molecule has 2 amide bonds. The third kappa shape index (κ3) is 1.84. The van der Waals surface area contributed by atoms with E-state index in [0.717, 1.165) is 16.0 Å². The number of carbonyl (C=O) groups is 2. The molecule has 3 heterocycles. The van der Waals surface area contributed by atoms with Gasteiger partial charge >= 0.3 is 0 Å². The van der Waals surface area contributed by atoms with Crippen molar-refractivity contribution in [2.24, 2.45) is 11.8 Å². The smallest absolute Gasteiger partial charge is 0.293 e. The quantitative estimate of drug-likeness (QED) is 0.356. The fourth-order valence-electron chi connectivity index (χ4n) is 4.38. The number of rotatable bonds is 2. The van der Waals surface area contributed by atoms with E-state index in [1.54, 1.807) is 33.8 Å². The van der Waals surface area contributed by atoms with Gasteiger partial charge in [0.15, 0.2) is 0 Å². The fourth-order valence-corrected chi connectivity index (χ4v) is 4.38. The first-order chi connectivity index (χ1) is 11.6. The molecule has 3 aliphatic rings. The Kier molecular flexibility index (Phi) is 2.90. The Balaban J connectivity index is 1.88. The molecule has 0 saturated carbocycles. The SMILES string of the molecule is Cc1cc(N2C(=O)[C@@H]3[C@@H](C2=O)[C@@]2(C)C=C[C@@]3(C)O2)c([N+](=O)[O-])cc1C. The number of hydrogen-bond donors (Lipinski definition) is 0. The zero-order valence-corrected chi connectivity index (χ0v) is 14.4. The van der Waals surface area contributed by atoms with E-state index in [1.807, 2.05) is 12.2 Å². The van der Waals surface area contributed by atoms with Gasteiger partial charge in [0, 0.05) is 6.07 Å². The lowest BCUT2D eigenvalue weighted by atomic mass is 9.73. The van der Waals surface area contributed by atoms with Crippen LogP contribution in [0.25, 0.3) is 0 Å². The highest BCUT2D eigenvalue weighted by molar-refractivity contribution is 6.24. The zero-order chi connectivity index (χ0) is 18.3. The van der Waals surface area contributed by atoms with Gasteiger partial charge < -0.3 is 4.74 Å². The molecule has 0 N–H and O–H groups in total. The van der Waals surface area contributed by atoms with E-state index >= 15 is 0 Å². The van der Waals surface area contributed by atoms with Crippen molar-refractivity contribution < 1.29 is 19.2 Å². The highest BCUT2D eigenvalue weighted by Crippen LogP contribution is 2.58. The molecule has 7 heteroatoms. The molecule has 1 aromatic rings. The number of benzene rings is 1. The lowest BCUT2D eigenvalue weighted by Crippen LogP contribution is -2.39. The number of nitro groups is 1. The van der Waals surface area contributed by atoms with Gasteiger partial charge in [0.25, 0.3) is 5.69 Å². The molecule has 2 saturated heterocycles. The molecule has 130 valence electrons. The van der Waals surface area contributed by atoms with Gasteiger partial charge in [-0.3, -0.25) is 19.7 Å². The van der Waals surface area contributed by atoms with Crippen molar-refractivity contribution in [1.82, 2.24) is 0 Å². The third-order valence-corrected chi connectivity index (χ3v) is 5.75. The highest BCUT2D eigenvalue weighted by atomic mass is 16.6. The van der Waals surface area contributed by atoms with Crippen LogP contribution in [0.3, 0.4) is 0 Å². The van der Waals surface area contributed by atoms with Crippen LogP contribution in [0, 0.1) is 35.8 Å². The predicted molar refractivity (Wildman–Crippen MR) is 89.1 cm³/mol. The van der Waals surface area contributed by atoms with Crippen LogP contribution >= 0.6 is 0 Å². The molecule has 2 fully saturated rings. The molecule has 4 rings (SSSR count). The maximum atomic E-state index is 13.1. The first-order valence-electron chi connectivity index (χ1n) is 8.13. The first-order valence-corrected chi connectivity index (χ1v) is 8.13. The second-order valence-electron chi connectivity index (χ2n) is 7.45. The van der Waals surface area contributed by atoms with Crippen molar-refractivity contribution in [2.45, 2.75) is 38.9 Å². The molecule has 0 aliphatic carbocycles. The summed E-state index contributed by atoms with van der Waals surface area (Å²) in [6.07, 6.45) is 3.63. The van der Waals surface area contributed by atoms with Crippen molar-refractivity contribution in [1.29, 1.82) is 0 Å². The lowest BCUT2D eigenvalue weighted by molar-refractivity contribution is -0.384. The number of nitrogens with zero attached hydrogens (tertiary/aromatic N) is 2. The number of nitro benzene ring substituents is 1. The summed E-state index contributed by atoms with van der Waals surface area (Å²) < 4.78 is 5.95. The predicted octanol–water partition coefficient (Wildman–Crippen LogP) is 2.43. The van der Waals surface area contributed by atoms with Gasteiger partial charge in [0.2, 0.25) is 11.8 Å². The molecule has 2 bridgehead atoms. The van der Waals surface area contributed by atoms with Gasteiger partial charge in [-0.1, -0.05) is 12.2 Å². The number of fused-ring (bicyclic) bond motifs is 5. The summed E-state index contributed by atoms with van der Waals surface area (Å²) in [6.45, 7) is 7.12. The second-order valence-corrected chi connectivity index (χ2v) is 7.45. The summed E-state index contributed by atoms with van der Waals surface area (Å²) in [5.41, 5.74) is -0.373. The molecule has 0 aromatic heterocycles. The number of anilines is 1. The van der Waals surface area contributed by atoms with Crippen molar-refractivity contribution in [3.8, 4) is 0 Å². The Morgan fingerprint density at radius 3 is 2.00 bits per heavy atom. The van der Waals surface area contributed by atoms with Crippen LogP contribution in [0.4, 0.5) is 11.4 Å². The van der Waals surface area contributed by atoms with E-state index in [2.05, 4.69) is 0 Å². The fraction of sp³-hybridized carbons (Fsp3) is 0.444. The molecular formula is C18H18N2O5. The van der Waals surface area contributed by atoms with Crippen LogP contribution in [-0.2, 0) is 14.3 Å². The summed E-state index contributed by atoms with van der Waals surface area (Å²) in [4.78, 5) is 38.1. The molecule has 0 radical (unpaired) electrons. The molecule has 25 heavy (non-hydrogen) atoms. The summed E-state index contributed by atoms with van der Waals surface area (Å²) in [5, 5.41) is 11.5. The Morgan fingerprint density at radius 2 is 1.52 bits per heavy atom. The molecule has 3 aliphatic heterocycles. The van der Waals surface area contributed by atoms with Crippen LogP contribution in [0.2, 0.25) is 0 Å². The van der Waals surface area contributed by atoms with E-state index < -0.39 is 39.8 Å². The average Bonchev–Trinajstić information content (AvgIpc) is 3.06. The number of amides is 2. The highest BCUT2D eigenvalue weighted by Gasteiger charge is 2.70. The lowest BCUT2D eigenvalue weighted by Gasteiger charge is -2.25. The summed E-state index contributed by atoms with van der Waals surface area (Å²) in [5.74, 6) is -2.18. The number of carbonyl (C=O) groups excluding carboxylic acids is 2. The maximum Gasteiger partial charge on any atom is 0.293 e. The molecule has 0 unspecified atom stereocenters. The Bertz CT molecular complexity index is 856. The van der Waals surface area contributed by atoms with Crippen LogP contribution < -0.4 is 4.90 Å². The van der Waals surface area contributed by atoms with Crippen LogP contribution in [-0.4, -0.2) is 27.9 Å². The minimum absolute atomic E-state index is 0.0455. The molecule has 4 atom stereocenters. The van der Waals surface area contributed by atoms with Gasteiger partial charge in [0.05, 0.1) is 28.0 Å². The molecular weight excluding hydrogens is 324 g/mol. The van der Waals surface area contributed by atoms with Crippen LogP contribution in [0.15, 0.2) is 24.3 Å². The van der Waals surface area contributed by atoms with E-state index in [4.69, 9.17) is 4.74 Å². The van der Waals surface area contributed by atoms with Crippen LogP contribution in [0.1, 0.15) is 25.0 Å². The van der Waals surface area contributed by atoms with E-state index in [0.29, 0.717) is 0 Å². The summed E-state index contributed by atoms with van der Waals surface area (Å²) >= 11 is 0. The number of hydrogen-bond acceptors (Lipinski definition) is 5. The summed E-state index contributed by atoms with van der Waals surface area (Å²) in [6, 6.07) is 2.96. The topological polar surface area (TPSA) is 89.8 Å². The van der Waals surface area contributed by atoms with Gasteiger partial charge in [-0.2, -0.15) is 0 Å². The zero-order valence-electron chi connectivity index (χ0n) is 14.4. The van der Waals surface area contributed by atoms with Gasteiger partial charge in [-0.15, -0.1) is 0 Å². The number of imide groups is 1. The minimum atomic E-state index is -0.852. The van der Waals surface area contributed by atoms with Crippen molar-refractivity contribution in [3.05, 3.63) is 45.5 Å². The number of aryl methyl sites for hydroxylation is 2. The van der Waals surface area contributed by atoms with E-state index in [1.165, 1.54) is 6.07 Å². The Labute approximate surface area is 144 Å². The third-order valence-electron chi connectivity index (χ3n) is 5.75. The van der Waals surface area contributed by atoms with E-state index in [9.17, 15) is 19.7 Å². The van der Waals surface area contributed by atoms with Gasteiger partial charge in [0.1, 0.15) is 5.69 Å². The van der Waals surface area contributed by atoms with Gasteiger partial charge in [-0.05, 0) is 44.9 Å². The maximum absolute atomic E-state index is 13.1. The normalized spacial score (nSPS) is 35.6. The average molecular weight is 342 g/mol. The Morgan fingerprint density at radius 1 is 1.04 bits per heavy atom. The molecule has 1 aromatic carbocycles. The Hall–Kier alpha value is -2.54. The monoisotopic (exact) mass is 342 g/mol. The van der Waals surface area contributed by atoms with Crippen molar-refractivity contribution in [3.63, 3.8) is 0 Å². The second kappa shape index (κ2) is 4.54. The molecule has 7 nitrogen and oxygen atoms in total. The largest absolute Gasteiger partial charge is 0.359 e. The number of ether oxygens (including phenoxy) is 1. The van der Waals surface area contributed by atoms with Crippen LogP contribution in [0.5, 0.6) is 0 Å².